The molecule has 30 heavy (non-hydrogen) atoms. The Morgan fingerprint density at radius 2 is 2.03 bits per heavy atom. The van der Waals surface area contributed by atoms with Crippen LogP contribution in [-0.2, 0) is 16.1 Å². The standard InChI is InChI=1S/C23H27ClN4O2/c1-6-20-22(26-16(4)24)28(14(2)18-11-12-18)23(29)21(27-20)25-13-17-7-9-19(10-8-17)15(3)30-5/h6-10,14,18H,3-4,11-13H2,1-2,5H3,(H,25,27)/b20-6+,26-22?. The number of aliphatic imine (C=N–C) groups is 2. The zero-order valence-electron chi connectivity index (χ0n) is 17.6. The number of hydrogen-bond acceptors (Lipinski definition) is 4. The van der Waals surface area contributed by atoms with Gasteiger partial charge in [-0.25, -0.2) is 4.99 Å². The van der Waals surface area contributed by atoms with Crippen molar-refractivity contribution in [3.05, 3.63) is 65.5 Å². The molecule has 6 nitrogen and oxygen atoms in total. The van der Waals surface area contributed by atoms with Crippen molar-refractivity contribution in [2.75, 3.05) is 7.11 Å². The lowest BCUT2D eigenvalue weighted by molar-refractivity contribution is -0.122. The number of nitrogens with zero attached hydrogens (tertiary/aromatic N) is 3. The molecule has 7 heteroatoms. The van der Waals surface area contributed by atoms with Gasteiger partial charge in [0.15, 0.2) is 11.7 Å². The molecule has 1 aromatic rings. The van der Waals surface area contributed by atoms with E-state index in [4.69, 9.17) is 16.3 Å². The molecule has 2 aliphatic rings. The number of amides is 1. The predicted molar refractivity (Wildman–Crippen MR) is 122 cm³/mol. The third-order valence-corrected chi connectivity index (χ3v) is 5.40. The first-order valence-corrected chi connectivity index (χ1v) is 10.3. The van der Waals surface area contributed by atoms with Crippen LogP contribution in [-0.4, -0.2) is 35.6 Å². The Morgan fingerprint density at radius 1 is 1.37 bits per heavy atom. The van der Waals surface area contributed by atoms with Crippen LogP contribution in [0.4, 0.5) is 0 Å². The Bertz CT molecular complexity index is 942. The lowest BCUT2D eigenvalue weighted by Crippen LogP contribution is -2.57. The predicted octanol–water partition coefficient (Wildman–Crippen LogP) is 4.44. The normalized spacial score (nSPS) is 21.7. The molecule has 0 bridgehead atoms. The smallest absolute Gasteiger partial charge is 0.295 e. The summed E-state index contributed by atoms with van der Waals surface area (Å²) in [5.74, 6) is 1.64. The first kappa shape index (κ1) is 21.8. The Labute approximate surface area is 182 Å². The molecular formula is C23H27ClN4O2. The van der Waals surface area contributed by atoms with E-state index < -0.39 is 0 Å². The van der Waals surface area contributed by atoms with Gasteiger partial charge in [-0.1, -0.05) is 55.1 Å². The van der Waals surface area contributed by atoms with Gasteiger partial charge in [0.25, 0.3) is 5.91 Å². The van der Waals surface area contributed by atoms with Crippen LogP contribution in [0.1, 0.15) is 37.8 Å². The first-order chi connectivity index (χ1) is 14.3. The zero-order chi connectivity index (χ0) is 21.8. The minimum absolute atomic E-state index is 0.00820. The number of rotatable bonds is 7. The quantitative estimate of drug-likeness (QED) is 0.517. The summed E-state index contributed by atoms with van der Waals surface area (Å²) in [6.07, 6.45) is 4.06. The lowest BCUT2D eigenvalue weighted by Gasteiger charge is -2.36. The molecule has 1 amide bonds. The summed E-state index contributed by atoms with van der Waals surface area (Å²) < 4.78 is 5.15. The molecule has 2 fully saturated rings. The van der Waals surface area contributed by atoms with Crippen molar-refractivity contribution < 1.29 is 9.53 Å². The highest BCUT2D eigenvalue weighted by molar-refractivity contribution is 6.45. The Morgan fingerprint density at radius 3 is 2.57 bits per heavy atom. The number of halogens is 1. The fraction of sp³-hybridized carbons (Fsp3) is 0.348. The molecule has 1 aromatic carbocycles. The van der Waals surface area contributed by atoms with E-state index in [-0.39, 0.29) is 17.1 Å². The van der Waals surface area contributed by atoms with E-state index in [1.54, 1.807) is 12.0 Å². The summed E-state index contributed by atoms with van der Waals surface area (Å²) in [4.78, 5) is 23.9. The summed E-state index contributed by atoms with van der Waals surface area (Å²) in [6.45, 7) is 11.8. The number of benzene rings is 1. The van der Waals surface area contributed by atoms with Gasteiger partial charge in [-0.15, -0.1) is 0 Å². The molecule has 1 aliphatic heterocycles. The van der Waals surface area contributed by atoms with Crippen molar-refractivity contribution in [2.45, 2.75) is 39.3 Å². The number of carbonyl (C=O) groups excluding carboxylic acids is 1. The summed E-state index contributed by atoms with van der Waals surface area (Å²) in [5, 5.41) is 3.25. The minimum atomic E-state index is -0.207. The largest absolute Gasteiger partial charge is 0.497 e. The molecular weight excluding hydrogens is 400 g/mol. The fourth-order valence-electron chi connectivity index (χ4n) is 3.37. The highest BCUT2D eigenvalue weighted by atomic mass is 35.5. The Kier molecular flexibility index (Phi) is 6.77. The van der Waals surface area contributed by atoms with E-state index in [1.807, 2.05) is 44.2 Å². The number of ether oxygens (including phenoxy) is 1. The van der Waals surface area contributed by atoms with Crippen molar-refractivity contribution in [2.24, 2.45) is 15.9 Å². The zero-order valence-corrected chi connectivity index (χ0v) is 18.4. The van der Waals surface area contributed by atoms with Crippen LogP contribution in [0, 0.1) is 5.92 Å². The molecule has 0 radical (unpaired) electrons. The maximum atomic E-state index is 13.3. The summed E-state index contributed by atoms with van der Waals surface area (Å²) >= 11 is 5.95. The number of nitrogens with one attached hydrogen (secondary N) is 1. The third kappa shape index (κ3) is 4.82. The van der Waals surface area contributed by atoms with Gasteiger partial charge in [0.05, 0.1) is 19.4 Å². The van der Waals surface area contributed by atoms with Crippen molar-refractivity contribution in [3.63, 3.8) is 0 Å². The van der Waals surface area contributed by atoms with Crippen molar-refractivity contribution in [1.82, 2.24) is 10.2 Å². The molecule has 1 N–H and O–H groups in total. The number of allylic oxidation sites excluding steroid dienone is 1. The van der Waals surface area contributed by atoms with E-state index >= 15 is 0 Å². The molecule has 1 atom stereocenters. The lowest BCUT2D eigenvalue weighted by atomic mass is 10.1. The Hall–Kier alpha value is -2.86. The van der Waals surface area contributed by atoms with E-state index in [0.29, 0.717) is 35.6 Å². The average molecular weight is 427 g/mol. The second kappa shape index (κ2) is 9.30. The van der Waals surface area contributed by atoms with Gasteiger partial charge in [0.2, 0.25) is 0 Å². The van der Waals surface area contributed by atoms with E-state index in [2.05, 4.69) is 28.5 Å². The van der Waals surface area contributed by atoms with Crippen LogP contribution in [0.25, 0.3) is 5.76 Å². The number of piperazine rings is 1. The van der Waals surface area contributed by atoms with Gasteiger partial charge in [0.1, 0.15) is 10.9 Å². The molecule has 158 valence electrons. The number of methoxy groups -OCH3 is 1. The van der Waals surface area contributed by atoms with Crippen molar-refractivity contribution in [3.8, 4) is 0 Å². The highest BCUT2D eigenvalue weighted by Crippen LogP contribution is 2.36. The van der Waals surface area contributed by atoms with E-state index in [1.165, 1.54) is 0 Å². The maximum Gasteiger partial charge on any atom is 0.295 e. The van der Waals surface area contributed by atoms with Crippen LogP contribution in [0.15, 0.2) is 64.3 Å². The van der Waals surface area contributed by atoms with Crippen LogP contribution >= 0.6 is 11.6 Å². The van der Waals surface area contributed by atoms with Crippen molar-refractivity contribution >= 4 is 34.9 Å². The molecule has 3 rings (SSSR count). The molecule has 0 aromatic heterocycles. The van der Waals surface area contributed by atoms with Gasteiger partial charge in [-0.3, -0.25) is 14.7 Å². The number of hydrogen-bond donors (Lipinski definition) is 1. The number of carbonyl (C=O) groups is 1. The minimum Gasteiger partial charge on any atom is -0.497 e. The fourth-order valence-corrected chi connectivity index (χ4v) is 3.45. The molecule has 0 spiro atoms. The second-order valence-corrected chi connectivity index (χ2v) is 7.82. The molecule has 1 saturated carbocycles. The molecule has 1 heterocycles. The third-order valence-electron chi connectivity index (χ3n) is 5.31. The molecule has 1 unspecified atom stereocenters. The van der Waals surface area contributed by atoms with Gasteiger partial charge in [-0.2, -0.15) is 0 Å². The van der Waals surface area contributed by atoms with Gasteiger partial charge >= 0.3 is 0 Å². The molecule has 1 aliphatic carbocycles. The Balaban J connectivity index is 1.87. The van der Waals surface area contributed by atoms with Crippen LogP contribution in [0.3, 0.4) is 0 Å². The summed E-state index contributed by atoms with van der Waals surface area (Å²) in [5.41, 5.74) is 2.57. The first-order valence-electron chi connectivity index (χ1n) is 9.92. The van der Waals surface area contributed by atoms with Crippen LogP contribution in [0.2, 0.25) is 0 Å². The highest BCUT2D eigenvalue weighted by Gasteiger charge is 2.41. The summed E-state index contributed by atoms with van der Waals surface area (Å²) in [6, 6.07) is 7.75. The van der Waals surface area contributed by atoms with E-state index in [9.17, 15) is 4.79 Å². The van der Waals surface area contributed by atoms with Gasteiger partial charge in [0, 0.05) is 11.6 Å². The average Bonchev–Trinajstić information content (AvgIpc) is 3.58. The van der Waals surface area contributed by atoms with E-state index in [0.717, 1.165) is 24.0 Å². The second-order valence-electron chi connectivity index (χ2n) is 7.38. The van der Waals surface area contributed by atoms with Crippen molar-refractivity contribution in [1.29, 1.82) is 0 Å². The SMILES string of the molecule is C=C(Cl)N=C1/C(=C\C)NC(=NCc2ccc(C(=C)OC)cc2)C(=O)N1C(C)C1CC1. The molecule has 1 saturated heterocycles. The maximum absolute atomic E-state index is 13.3. The number of amidine groups is 2. The van der Waals surface area contributed by atoms with Gasteiger partial charge in [-0.05, 0) is 38.2 Å². The monoisotopic (exact) mass is 426 g/mol. The summed E-state index contributed by atoms with van der Waals surface area (Å²) in [7, 11) is 1.59. The van der Waals surface area contributed by atoms with Gasteiger partial charge < -0.3 is 10.1 Å². The topological polar surface area (TPSA) is 66.3 Å². The van der Waals surface area contributed by atoms with Crippen LogP contribution < -0.4 is 5.32 Å². The van der Waals surface area contributed by atoms with Crippen LogP contribution in [0.5, 0.6) is 0 Å².